The molecule has 1 aromatic rings. The minimum absolute atomic E-state index is 0.645. The second-order valence-electron chi connectivity index (χ2n) is 5.67. The van der Waals surface area contributed by atoms with Gasteiger partial charge in [-0.2, -0.15) is 0 Å². The highest BCUT2D eigenvalue weighted by molar-refractivity contribution is 9.10. The van der Waals surface area contributed by atoms with E-state index < -0.39 is 0 Å². The lowest BCUT2D eigenvalue weighted by atomic mass is 10.1. The van der Waals surface area contributed by atoms with Gasteiger partial charge in [-0.1, -0.05) is 32.6 Å². The Morgan fingerprint density at radius 1 is 1.30 bits per heavy atom. The predicted octanol–water partition coefficient (Wildman–Crippen LogP) is 4.11. The molecule has 20 heavy (non-hydrogen) atoms. The van der Waals surface area contributed by atoms with Crippen molar-refractivity contribution in [3.05, 3.63) is 22.3 Å². The van der Waals surface area contributed by atoms with Gasteiger partial charge in [0.25, 0.3) is 0 Å². The third kappa shape index (κ3) is 4.19. The first-order valence-corrected chi connectivity index (χ1v) is 8.59. The summed E-state index contributed by atoms with van der Waals surface area (Å²) in [7, 11) is 2.21. The molecule has 1 N–H and O–H groups in total. The first-order chi connectivity index (χ1) is 9.72. The molecule has 0 amide bonds. The maximum atomic E-state index is 4.68. The number of rotatable bonds is 5. The number of hydrogen-bond acceptors (Lipinski definition) is 3. The van der Waals surface area contributed by atoms with Crippen LogP contribution in [0.15, 0.2) is 16.7 Å². The third-order valence-electron chi connectivity index (χ3n) is 4.18. The molecule has 1 aliphatic rings. The molecule has 1 aliphatic carbocycles. The number of nitrogens with zero attached hydrogens (tertiary/aromatic N) is 2. The van der Waals surface area contributed by atoms with Crippen LogP contribution in [0.5, 0.6) is 0 Å². The minimum Gasteiger partial charge on any atom is -0.356 e. The molecule has 0 unspecified atom stereocenters. The zero-order valence-electron chi connectivity index (χ0n) is 12.7. The molecule has 3 nitrogen and oxygen atoms in total. The fourth-order valence-electron chi connectivity index (χ4n) is 3.00. The maximum Gasteiger partial charge on any atom is 0.133 e. The Hall–Kier alpha value is -0.610. The quantitative estimate of drug-likeness (QED) is 0.818. The lowest BCUT2D eigenvalue weighted by Gasteiger charge is -2.30. The van der Waals surface area contributed by atoms with E-state index in [2.05, 4.69) is 51.2 Å². The van der Waals surface area contributed by atoms with E-state index in [9.17, 15) is 0 Å². The number of anilines is 1. The van der Waals surface area contributed by atoms with Crippen LogP contribution >= 0.6 is 15.9 Å². The summed E-state index contributed by atoms with van der Waals surface area (Å²) in [5, 5.41) is 3.41. The van der Waals surface area contributed by atoms with Gasteiger partial charge < -0.3 is 10.2 Å². The van der Waals surface area contributed by atoms with Crippen molar-refractivity contribution in [2.24, 2.45) is 0 Å². The summed E-state index contributed by atoms with van der Waals surface area (Å²) >= 11 is 3.54. The lowest BCUT2D eigenvalue weighted by molar-refractivity contribution is 0.546. The van der Waals surface area contributed by atoms with Gasteiger partial charge in [-0.15, -0.1) is 0 Å². The highest BCUT2D eigenvalue weighted by Crippen LogP contribution is 2.27. The summed E-state index contributed by atoms with van der Waals surface area (Å²) in [4.78, 5) is 7.08. The summed E-state index contributed by atoms with van der Waals surface area (Å²) in [6.45, 7) is 4.01. The zero-order valence-corrected chi connectivity index (χ0v) is 14.2. The van der Waals surface area contributed by atoms with E-state index in [-0.39, 0.29) is 0 Å². The van der Waals surface area contributed by atoms with E-state index in [1.165, 1.54) is 44.1 Å². The second kappa shape index (κ2) is 7.99. The molecule has 0 saturated heterocycles. The summed E-state index contributed by atoms with van der Waals surface area (Å²) in [5.74, 6) is 1.14. The van der Waals surface area contributed by atoms with Gasteiger partial charge >= 0.3 is 0 Å². The molecular weight excluding hydrogens is 314 g/mol. The average Bonchev–Trinajstić information content (AvgIpc) is 2.73. The summed E-state index contributed by atoms with van der Waals surface area (Å²) in [6, 6.07) is 2.84. The number of nitrogens with one attached hydrogen (secondary N) is 1. The topological polar surface area (TPSA) is 28.2 Å². The van der Waals surface area contributed by atoms with Crippen molar-refractivity contribution >= 4 is 21.7 Å². The molecule has 0 bridgehead atoms. The molecule has 0 atom stereocenters. The Kier molecular flexibility index (Phi) is 6.30. The molecule has 1 saturated carbocycles. The van der Waals surface area contributed by atoms with Gasteiger partial charge in [0, 0.05) is 35.9 Å². The summed E-state index contributed by atoms with van der Waals surface area (Å²) < 4.78 is 1.06. The van der Waals surface area contributed by atoms with Crippen LogP contribution in [0.3, 0.4) is 0 Å². The third-order valence-corrected chi connectivity index (χ3v) is 4.62. The van der Waals surface area contributed by atoms with Gasteiger partial charge in [0.2, 0.25) is 0 Å². The number of aromatic nitrogens is 1. The Labute approximate surface area is 131 Å². The van der Waals surface area contributed by atoms with Crippen molar-refractivity contribution in [2.45, 2.75) is 58.0 Å². The molecule has 0 aliphatic heterocycles. The van der Waals surface area contributed by atoms with E-state index in [0.717, 1.165) is 23.4 Å². The van der Waals surface area contributed by atoms with Crippen LogP contribution < -0.4 is 10.2 Å². The first kappa shape index (κ1) is 15.8. The smallest absolute Gasteiger partial charge is 0.133 e. The maximum absolute atomic E-state index is 4.68. The molecule has 0 aromatic carbocycles. The molecule has 2 rings (SSSR count). The van der Waals surface area contributed by atoms with Crippen LogP contribution in [0.25, 0.3) is 0 Å². The zero-order chi connectivity index (χ0) is 14.4. The van der Waals surface area contributed by atoms with E-state index in [4.69, 9.17) is 0 Å². The SMILES string of the molecule is CCNCc1cc(Br)cnc1N(C)C1CCCCCC1. The normalized spacial score (nSPS) is 16.9. The van der Waals surface area contributed by atoms with Crippen LogP contribution in [0, 0.1) is 0 Å². The predicted molar refractivity (Wildman–Crippen MR) is 89.2 cm³/mol. The van der Waals surface area contributed by atoms with Crippen molar-refractivity contribution in [1.82, 2.24) is 10.3 Å². The van der Waals surface area contributed by atoms with Crippen LogP contribution in [0.4, 0.5) is 5.82 Å². The molecule has 1 heterocycles. The molecule has 0 radical (unpaired) electrons. The summed E-state index contributed by atoms with van der Waals surface area (Å²) in [6.07, 6.45) is 10.0. The fraction of sp³-hybridized carbons (Fsp3) is 0.688. The van der Waals surface area contributed by atoms with E-state index >= 15 is 0 Å². The molecule has 112 valence electrons. The van der Waals surface area contributed by atoms with Crippen molar-refractivity contribution in [1.29, 1.82) is 0 Å². The largest absolute Gasteiger partial charge is 0.356 e. The van der Waals surface area contributed by atoms with Gasteiger partial charge in [-0.25, -0.2) is 4.98 Å². The number of pyridine rings is 1. The molecular formula is C16H26BrN3. The van der Waals surface area contributed by atoms with Gasteiger partial charge in [0.05, 0.1) is 0 Å². The van der Waals surface area contributed by atoms with Gasteiger partial charge in [-0.05, 0) is 41.4 Å². The van der Waals surface area contributed by atoms with Crippen molar-refractivity contribution in [3.63, 3.8) is 0 Å². The van der Waals surface area contributed by atoms with E-state index in [0.29, 0.717) is 6.04 Å². The van der Waals surface area contributed by atoms with Crippen LogP contribution in [0.2, 0.25) is 0 Å². The van der Waals surface area contributed by atoms with Crippen LogP contribution in [-0.2, 0) is 6.54 Å². The molecule has 1 fully saturated rings. The van der Waals surface area contributed by atoms with Crippen molar-refractivity contribution < 1.29 is 0 Å². The minimum atomic E-state index is 0.645. The molecule has 0 spiro atoms. The lowest BCUT2D eigenvalue weighted by Crippen LogP contribution is -2.33. The van der Waals surface area contributed by atoms with Crippen LogP contribution in [0.1, 0.15) is 51.0 Å². The standard InChI is InChI=1S/C16H26BrN3/c1-3-18-11-13-10-14(17)12-19-16(13)20(2)15-8-6-4-5-7-9-15/h10,12,15,18H,3-9,11H2,1-2H3. The summed E-state index contributed by atoms with van der Waals surface area (Å²) in [5.41, 5.74) is 1.29. The highest BCUT2D eigenvalue weighted by Gasteiger charge is 2.20. The molecule has 1 aromatic heterocycles. The Balaban J connectivity index is 2.16. The second-order valence-corrected chi connectivity index (χ2v) is 6.59. The monoisotopic (exact) mass is 339 g/mol. The Morgan fingerprint density at radius 3 is 2.65 bits per heavy atom. The Bertz CT molecular complexity index is 414. The van der Waals surface area contributed by atoms with E-state index in [1.807, 2.05) is 6.20 Å². The highest BCUT2D eigenvalue weighted by atomic mass is 79.9. The van der Waals surface area contributed by atoms with Crippen molar-refractivity contribution in [2.75, 3.05) is 18.5 Å². The first-order valence-electron chi connectivity index (χ1n) is 7.80. The Morgan fingerprint density at radius 2 is 2.00 bits per heavy atom. The number of hydrogen-bond donors (Lipinski definition) is 1. The average molecular weight is 340 g/mol. The van der Waals surface area contributed by atoms with Crippen LogP contribution in [-0.4, -0.2) is 24.6 Å². The van der Waals surface area contributed by atoms with E-state index in [1.54, 1.807) is 0 Å². The number of halogens is 1. The van der Waals surface area contributed by atoms with Gasteiger partial charge in [-0.3, -0.25) is 0 Å². The fourth-order valence-corrected chi connectivity index (χ4v) is 3.38. The van der Waals surface area contributed by atoms with Crippen molar-refractivity contribution in [3.8, 4) is 0 Å². The van der Waals surface area contributed by atoms with Gasteiger partial charge in [0.15, 0.2) is 0 Å². The molecule has 4 heteroatoms. The van der Waals surface area contributed by atoms with Gasteiger partial charge in [0.1, 0.15) is 5.82 Å².